The van der Waals surface area contributed by atoms with Gasteiger partial charge in [-0.3, -0.25) is 0 Å². The van der Waals surface area contributed by atoms with Crippen LogP contribution < -0.4 is 10.4 Å². The van der Waals surface area contributed by atoms with Crippen molar-refractivity contribution in [2.75, 3.05) is 0 Å². The molecule has 2 unspecified atom stereocenters. The van der Waals surface area contributed by atoms with E-state index >= 15 is 0 Å². The lowest BCUT2D eigenvalue weighted by Gasteiger charge is -2.32. The number of para-hydroxylation sites is 1. The fraction of sp³-hybridized carbons (Fsp3) is 0.182. The molecule has 0 amide bonds. The summed E-state index contributed by atoms with van der Waals surface area (Å²) in [6, 6.07) is 31.9. The smallest absolute Gasteiger partial charge is 0.343 e. The van der Waals surface area contributed by atoms with Gasteiger partial charge in [-0.05, 0) is 72.2 Å². The predicted octanol–water partition coefficient (Wildman–Crippen LogP) is 7.25. The van der Waals surface area contributed by atoms with Crippen LogP contribution in [0.1, 0.15) is 51.6 Å². The van der Waals surface area contributed by atoms with Crippen LogP contribution in [0.15, 0.2) is 106 Å². The Morgan fingerprint density at radius 3 is 2.43 bits per heavy atom. The van der Waals surface area contributed by atoms with Gasteiger partial charge in [-0.2, -0.15) is 0 Å². The Labute approximate surface area is 215 Å². The number of hydrogen-bond donors (Lipinski definition) is 1. The minimum Gasteiger partial charge on any atom is -0.507 e. The highest BCUT2D eigenvalue weighted by Crippen LogP contribution is 2.45. The van der Waals surface area contributed by atoms with Crippen molar-refractivity contribution in [3.63, 3.8) is 0 Å². The molecule has 184 valence electrons. The van der Waals surface area contributed by atoms with E-state index in [-0.39, 0.29) is 17.6 Å². The second-order valence-electron chi connectivity index (χ2n) is 9.88. The molecule has 4 aromatic carbocycles. The number of fused-ring (bicyclic) bond motifs is 2. The van der Waals surface area contributed by atoms with Crippen LogP contribution in [0.25, 0.3) is 11.0 Å². The van der Waals surface area contributed by atoms with Crippen molar-refractivity contribution in [1.82, 2.24) is 0 Å². The second-order valence-corrected chi connectivity index (χ2v) is 9.88. The number of hydrogen-bond acceptors (Lipinski definition) is 4. The lowest BCUT2D eigenvalue weighted by molar-refractivity contribution is 0.306. The molecular formula is C33H28O4. The lowest BCUT2D eigenvalue weighted by atomic mass is 9.72. The first-order valence-corrected chi connectivity index (χ1v) is 12.7. The van der Waals surface area contributed by atoms with Gasteiger partial charge in [-0.1, -0.05) is 78.4 Å². The second kappa shape index (κ2) is 9.62. The molecule has 1 N–H and O–H groups in total. The highest BCUT2D eigenvalue weighted by molar-refractivity contribution is 5.84. The quantitative estimate of drug-likeness (QED) is 0.265. The van der Waals surface area contributed by atoms with E-state index in [2.05, 4.69) is 55.5 Å². The van der Waals surface area contributed by atoms with E-state index in [1.54, 1.807) is 18.2 Å². The molecule has 37 heavy (non-hydrogen) atoms. The van der Waals surface area contributed by atoms with Gasteiger partial charge in [0.2, 0.25) is 0 Å². The highest BCUT2D eigenvalue weighted by Gasteiger charge is 2.33. The maximum absolute atomic E-state index is 13.1. The lowest BCUT2D eigenvalue weighted by Crippen LogP contribution is -2.23. The molecule has 1 aliphatic carbocycles. The molecule has 1 heterocycles. The number of benzene rings is 4. The molecule has 0 aliphatic heterocycles. The van der Waals surface area contributed by atoms with Crippen molar-refractivity contribution >= 4 is 11.0 Å². The van der Waals surface area contributed by atoms with Crippen molar-refractivity contribution in [2.24, 2.45) is 0 Å². The van der Waals surface area contributed by atoms with Crippen LogP contribution in [0.4, 0.5) is 0 Å². The Hall–Kier alpha value is -4.31. The normalized spacial score (nSPS) is 16.9. The van der Waals surface area contributed by atoms with Crippen molar-refractivity contribution in [2.45, 2.75) is 38.2 Å². The third-order valence-corrected chi connectivity index (χ3v) is 7.46. The predicted molar refractivity (Wildman–Crippen MR) is 145 cm³/mol. The SMILES string of the molecule is Cc1ccc(COc2ccc(C3Cc4ccccc4C(c4c(O)c5ccccc5oc4=O)C3)cc2)cc1. The molecule has 0 saturated carbocycles. The van der Waals surface area contributed by atoms with E-state index in [4.69, 9.17) is 9.15 Å². The van der Waals surface area contributed by atoms with Gasteiger partial charge in [0.05, 0.1) is 10.9 Å². The van der Waals surface area contributed by atoms with Gasteiger partial charge in [0.25, 0.3) is 0 Å². The molecule has 0 saturated heterocycles. The third kappa shape index (κ3) is 4.51. The van der Waals surface area contributed by atoms with Crippen LogP contribution >= 0.6 is 0 Å². The molecule has 5 aromatic rings. The van der Waals surface area contributed by atoms with Gasteiger partial charge < -0.3 is 14.3 Å². The molecule has 0 radical (unpaired) electrons. The summed E-state index contributed by atoms with van der Waals surface area (Å²) in [6.07, 6.45) is 1.58. The molecule has 0 spiro atoms. The summed E-state index contributed by atoms with van der Waals surface area (Å²) < 4.78 is 11.6. The standard InChI is InChI=1S/C33H28O4/c1-21-10-12-22(13-11-21)20-36-26-16-14-23(15-17-26)25-18-24-6-2-3-7-27(24)29(19-25)31-32(34)28-8-4-5-9-30(28)37-33(31)35/h2-17,25,29,34H,18-20H2,1H3. The van der Waals surface area contributed by atoms with E-state index in [9.17, 15) is 9.90 Å². The Kier molecular flexibility index (Phi) is 6.01. The van der Waals surface area contributed by atoms with Crippen LogP contribution in [0, 0.1) is 6.92 Å². The van der Waals surface area contributed by atoms with Gasteiger partial charge in [0.15, 0.2) is 0 Å². The molecule has 2 atom stereocenters. The van der Waals surface area contributed by atoms with Crippen molar-refractivity contribution in [3.05, 3.63) is 141 Å². The summed E-state index contributed by atoms with van der Waals surface area (Å²) in [5.74, 6) is 0.779. The van der Waals surface area contributed by atoms with E-state index in [1.807, 2.05) is 30.3 Å². The highest BCUT2D eigenvalue weighted by atomic mass is 16.5. The molecule has 0 fully saturated rings. The molecular weight excluding hydrogens is 460 g/mol. The molecule has 4 heteroatoms. The number of aromatic hydroxyl groups is 1. The van der Waals surface area contributed by atoms with Crippen molar-refractivity contribution < 1.29 is 14.3 Å². The fourth-order valence-corrected chi connectivity index (χ4v) is 5.49. The molecule has 1 aromatic heterocycles. The molecule has 1 aliphatic rings. The first-order chi connectivity index (χ1) is 18.1. The van der Waals surface area contributed by atoms with Gasteiger partial charge in [0.1, 0.15) is 23.7 Å². The summed E-state index contributed by atoms with van der Waals surface area (Å²) in [7, 11) is 0. The molecule has 4 nitrogen and oxygen atoms in total. The van der Waals surface area contributed by atoms with Crippen LogP contribution in [0.5, 0.6) is 11.5 Å². The van der Waals surface area contributed by atoms with E-state index in [0.29, 0.717) is 29.6 Å². The fourth-order valence-electron chi connectivity index (χ4n) is 5.49. The van der Waals surface area contributed by atoms with Gasteiger partial charge in [0, 0.05) is 5.92 Å². The Morgan fingerprint density at radius 2 is 1.62 bits per heavy atom. The largest absolute Gasteiger partial charge is 0.507 e. The Bertz CT molecular complexity index is 1610. The molecule has 0 bridgehead atoms. The van der Waals surface area contributed by atoms with E-state index in [0.717, 1.165) is 23.3 Å². The summed E-state index contributed by atoms with van der Waals surface area (Å²) >= 11 is 0. The topological polar surface area (TPSA) is 59.7 Å². The first-order valence-electron chi connectivity index (χ1n) is 12.7. The minimum absolute atomic E-state index is 0.0205. The van der Waals surface area contributed by atoms with Crippen LogP contribution in [0.3, 0.4) is 0 Å². The summed E-state index contributed by atoms with van der Waals surface area (Å²) in [5, 5.41) is 11.8. The van der Waals surface area contributed by atoms with Crippen LogP contribution in [0.2, 0.25) is 0 Å². The van der Waals surface area contributed by atoms with E-state index in [1.165, 1.54) is 16.7 Å². The maximum Gasteiger partial charge on any atom is 0.343 e. The average molecular weight is 489 g/mol. The van der Waals surface area contributed by atoms with Gasteiger partial charge in [-0.15, -0.1) is 0 Å². The zero-order valence-corrected chi connectivity index (χ0v) is 20.7. The van der Waals surface area contributed by atoms with Crippen LogP contribution in [-0.4, -0.2) is 5.11 Å². The zero-order chi connectivity index (χ0) is 25.4. The number of rotatable bonds is 5. The monoisotopic (exact) mass is 488 g/mol. The van der Waals surface area contributed by atoms with Crippen LogP contribution in [-0.2, 0) is 13.0 Å². The average Bonchev–Trinajstić information content (AvgIpc) is 2.93. The van der Waals surface area contributed by atoms with Gasteiger partial charge in [-0.25, -0.2) is 4.79 Å². The Morgan fingerprint density at radius 1 is 0.892 bits per heavy atom. The summed E-state index contributed by atoms with van der Waals surface area (Å²) in [4.78, 5) is 13.1. The Balaban J connectivity index is 1.30. The van der Waals surface area contributed by atoms with Crippen molar-refractivity contribution in [1.29, 1.82) is 0 Å². The third-order valence-electron chi connectivity index (χ3n) is 7.46. The van der Waals surface area contributed by atoms with E-state index < -0.39 is 5.63 Å². The maximum atomic E-state index is 13.1. The van der Waals surface area contributed by atoms with Crippen molar-refractivity contribution in [3.8, 4) is 11.5 Å². The number of ether oxygens (including phenoxy) is 1. The number of aryl methyl sites for hydroxylation is 1. The molecule has 6 rings (SSSR count). The summed E-state index contributed by atoms with van der Waals surface area (Å²) in [6.45, 7) is 2.60. The minimum atomic E-state index is -0.475. The first kappa shape index (κ1) is 23.1. The summed E-state index contributed by atoms with van der Waals surface area (Å²) in [5.41, 5.74) is 6.09. The zero-order valence-electron chi connectivity index (χ0n) is 20.7. The van der Waals surface area contributed by atoms with Gasteiger partial charge >= 0.3 is 5.63 Å².